The summed E-state index contributed by atoms with van der Waals surface area (Å²) in [5, 5.41) is 14.9. The van der Waals surface area contributed by atoms with E-state index >= 15 is 0 Å². The van der Waals surface area contributed by atoms with Crippen molar-refractivity contribution >= 4 is 11.5 Å². The molecule has 2 heterocycles. The van der Waals surface area contributed by atoms with Gasteiger partial charge < -0.3 is 21.2 Å². The first-order valence-electron chi connectivity index (χ1n) is 7.13. The lowest BCUT2D eigenvalue weighted by molar-refractivity contribution is 0.198. The molecule has 110 valence electrons. The molecular formula is C14H23N5O. The Morgan fingerprint density at radius 1 is 1.50 bits per heavy atom. The molecule has 0 amide bonds. The fourth-order valence-electron chi connectivity index (χ4n) is 2.47. The number of nitrogens with two attached hydrogens (primary N) is 1. The summed E-state index contributed by atoms with van der Waals surface area (Å²) in [5.41, 5.74) is 6.92. The Labute approximate surface area is 119 Å². The zero-order chi connectivity index (χ0) is 14.4. The van der Waals surface area contributed by atoms with Gasteiger partial charge in [0.15, 0.2) is 5.84 Å². The van der Waals surface area contributed by atoms with E-state index < -0.39 is 0 Å². The maximum absolute atomic E-state index is 8.58. The van der Waals surface area contributed by atoms with Crippen LogP contribution in [0.1, 0.15) is 25.5 Å². The van der Waals surface area contributed by atoms with Crippen molar-refractivity contribution in [2.24, 2.45) is 16.8 Å². The van der Waals surface area contributed by atoms with Crippen LogP contribution in [-0.4, -0.2) is 47.1 Å². The first kappa shape index (κ1) is 14.6. The molecular weight excluding hydrogens is 254 g/mol. The van der Waals surface area contributed by atoms with Crippen molar-refractivity contribution in [2.45, 2.75) is 19.8 Å². The summed E-state index contributed by atoms with van der Waals surface area (Å²) < 4.78 is 0. The molecule has 2 rings (SSSR count). The third kappa shape index (κ3) is 3.84. The Bertz CT molecular complexity index is 437. The van der Waals surface area contributed by atoms with Crippen LogP contribution in [0.15, 0.2) is 23.5 Å². The van der Waals surface area contributed by atoms with Gasteiger partial charge in [-0.15, -0.1) is 0 Å². The monoisotopic (exact) mass is 277 g/mol. The number of pyridine rings is 1. The summed E-state index contributed by atoms with van der Waals surface area (Å²) in [5.74, 6) is 0.755. The zero-order valence-corrected chi connectivity index (χ0v) is 11.9. The van der Waals surface area contributed by atoms with Gasteiger partial charge in [-0.2, -0.15) is 0 Å². The van der Waals surface area contributed by atoms with E-state index in [2.05, 4.69) is 27.3 Å². The number of rotatable bonds is 5. The van der Waals surface area contributed by atoms with Crippen molar-refractivity contribution in [1.29, 1.82) is 0 Å². The molecule has 1 aliphatic heterocycles. The standard InChI is InChI=1S/C14H23N5O/c1-2-19-7-5-11(6-8-19)9-16-12-3-4-13(17-10-12)14(15)18-20/h3-4,10-11,16,20H,2,5-9H2,1H3,(H2,15,18). The number of hydrogen-bond donors (Lipinski definition) is 3. The third-order valence-corrected chi connectivity index (χ3v) is 3.88. The highest BCUT2D eigenvalue weighted by molar-refractivity contribution is 5.95. The van der Waals surface area contributed by atoms with Crippen LogP contribution in [0.3, 0.4) is 0 Å². The molecule has 0 aliphatic carbocycles. The second-order valence-corrected chi connectivity index (χ2v) is 5.18. The summed E-state index contributed by atoms with van der Waals surface area (Å²) in [6.45, 7) is 6.74. The molecule has 6 heteroatoms. The summed E-state index contributed by atoms with van der Waals surface area (Å²) >= 11 is 0. The largest absolute Gasteiger partial charge is 0.409 e. The van der Waals surface area contributed by atoms with Crippen molar-refractivity contribution in [1.82, 2.24) is 9.88 Å². The van der Waals surface area contributed by atoms with E-state index in [1.165, 1.54) is 25.9 Å². The Morgan fingerprint density at radius 3 is 2.80 bits per heavy atom. The third-order valence-electron chi connectivity index (χ3n) is 3.88. The lowest BCUT2D eigenvalue weighted by atomic mass is 9.97. The summed E-state index contributed by atoms with van der Waals surface area (Å²) in [4.78, 5) is 6.64. The van der Waals surface area contributed by atoms with Gasteiger partial charge in [-0.3, -0.25) is 4.98 Å². The molecule has 1 saturated heterocycles. The van der Waals surface area contributed by atoms with Gasteiger partial charge >= 0.3 is 0 Å². The van der Waals surface area contributed by atoms with E-state index in [1.54, 1.807) is 12.3 Å². The predicted molar refractivity (Wildman–Crippen MR) is 80.1 cm³/mol. The van der Waals surface area contributed by atoms with Crippen molar-refractivity contribution in [3.63, 3.8) is 0 Å². The molecule has 0 bridgehead atoms. The Balaban J connectivity index is 1.80. The van der Waals surface area contributed by atoms with E-state index in [0.29, 0.717) is 5.69 Å². The fraction of sp³-hybridized carbons (Fsp3) is 0.571. The highest BCUT2D eigenvalue weighted by Crippen LogP contribution is 2.17. The van der Waals surface area contributed by atoms with Gasteiger partial charge in [0.25, 0.3) is 0 Å². The highest BCUT2D eigenvalue weighted by atomic mass is 16.4. The number of likely N-dealkylation sites (tertiary alicyclic amines) is 1. The number of aromatic nitrogens is 1. The van der Waals surface area contributed by atoms with Crippen LogP contribution >= 0.6 is 0 Å². The van der Waals surface area contributed by atoms with Crippen LogP contribution in [0.25, 0.3) is 0 Å². The summed E-state index contributed by atoms with van der Waals surface area (Å²) in [6, 6.07) is 3.65. The smallest absolute Gasteiger partial charge is 0.188 e. The Morgan fingerprint density at radius 2 is 2.25 bits per heavy atom. The molecule has 0 saturated carbocycles. The van der Waals surface area contributed by atoms with Crippen molar-refractivity contribution in [2.75, 3.05) is 31.5 Å². The molecule has 0 spiro atoms. The molecule has 6 nitrogen and oxygen atoms in total. The quantitative estimate of drug-likeness (QED) is 0.327. The number of anilines is 1. The van der Waals surface area contributed by atoms with Gasteiger partial charge in [0.2, 0.25) is 0 Å². The van der Waals surface area contributed by atoms with Crippen molar-refractivity contribution in [3.05, 3.63) is 24.0 Å². The van der Waals surface area contributed by atoms with Gasteiger partial charge in [-0.05, 0) is 50.5 Å². The minimum atomic E-state index is 0.0310. The minimum Gasteiger partial charge on any atom is -0.409 e. The molecule has 0 radical (unpaired) electrons. The van der Waals surface area contributed by atoms with Crippen LogP contribution in [0, 0.1) is 5.92 Å². The molecule has 20 heavy (non-hydrogen) atoms. The lowest BCUT2D eigenvalue weighted by Crippen LogP contribution is -2.35. The van der Waals surface area contributed by atoms with Gasteiger partial charge in [-0.25, -0.2) is 0 Å². The number of hydrogen-bond acceptors (Lipinski definition) is 5. The lowest BCUT2D eigenvalue weighted by Gasteiger charge is -2.31. The van der Waals surface area contributed by atoms with Gasteiger partial charge in [0.05, 0.1) is 11.9 Å². The van der Waals surface area contributed by atoms with Crippen LogP contribution in [0.2, 0.25) is 0 Å². The van der Waals surface area contributed by atoms with Gasteiger partial charge in [-0.1, -0.05) is 12.1 Å². The predicted octanol–water partition coefficient (Wildman–Crippen LogP) is 1.32. The molecule has 4 N–H and O–H groups in total. The topological polar surface area (TPSA) is 86.8 Å². The normalized spacial score (nSPS) is 18.1. The second-order valence-electron chi connectivity index (χ2n) is 5.18. The van der Waals surface area contributed by atoms with Crippen molar-refractivity contribution in [3.8, 4) is 0 Å². The number of piperidine rings is 1. The Hall–Kier alpha value is -1.82. The summed E-state index contributed by atoms with van der Waals surface area (Å²) in [6.07, 6.45) is 4.21. The number of oxime groups is 1. The van der Waals surface area contributed by atoms with Gasteiger partial charge in [0, 0.05) is 6.54 Å². The number of nitrogens with one attached hydrogen (secondary N) is 1. The first-order chi connectivity index (χ1) is 9.72. The van der Waals surface area contributed by atoms with E-state index in [9.17, 15) is 0 Å². The van der Waals surface area contributed by atoms with E-state index in [0.717, 1.165) is 24.7 Å². The average molecular weight is 277 g/mol. The van der Waals surface area contributed by atoms with Crippen LogP contribution in [0.5, 0.6) is 0 Å². The second kappa shape index (κ2) is 7.09. The first-order valence-corrected chi connectivity index (χ1v) is 7.13. The SMILES string of the molecule is CCN1CCC(CNc2ccc(/C(N)=N/O)nc2)CC1. The molecule has 0 unspecified atom stereocenters. The van der Waals surface area contributed by atoms with Gasteiger partial charge in [0.1, 0.15) is 5.69 Å². The summed E-state index contributed by atoms with van der Waals surface area (Å²) in [7, 11) is 0. The average Bonchev–Trinajstić information content (AvgIpc) is 2.53. The highest BCUT2D eigenvalue weighted by Gasteiger charge is 2.17. The van der Waals surface area contributed by atoms with E-state index in [1.807, 2.05) is 6.07 Å². The molecule has 0 aromatic carbocycles. The molecule has 0 atom stereocenters. The van der Waals surface area contributed by atoms with E-state index in [4.69, 9.17) is 10.9 Å². The molecule has 1 aromatic heterocycles. The van der Waals surface area contributed by atoms with E-state index in [-0.39, 0.29) is 5.84 Å². The van der Waals surface area contributed by atoms with Crippen LogP contribution < -0.4 is 11.1 Å². The maximum Gasteiger partial charge on any atom is 0.188 e. The Kier molecular flexibility index (Phi) is 5.17. The number of nitrogens with zero attached hydrogens (tertiary/aromatic N) is 3. The zero-order valence-electron chi connectivity index (χ0n) is 11.9. The van der Waals surface area contributed by atoms with Crippen molar-refractivity contribution < 1.29 is 5.21 Å². The van der Waals surface area contributed by atoms with Crippen LogP contribution in [0.4, 0.5) is 5.69 Å². The maximum atomic E-state index is 8.58. The number of amidine groups is 1. The van der Waals surface area contributed by atoms with Crippen LogP contribution in [-0.2, 0) is 0 Å². The fourth-order valence-corrected chi connectivity index (χ4v) is 2.47. The molecule has 1 aliphatic rings. The molecule has 1 fully saturated rings. The minimum absolute atomic E-state index is 0.0310. The molecule has 1 aromatic rings.